The van der Waals surface area contributed by atoms with Crippen molar-refractivity contribution in [3.63, 3.8) is 0 Å². The van der Waals surface area contributed by atoms with E-state index in [1.165, 1.54) is 0 Å². The van der Waals surface area contributed by atoms with Gasteiger partial charge >= 0.3 is 0 Å². The maximum atomic E-state index is 5.86. The number of hydrogen-bond donors (Lipinski definition) is 1. The minimum absolute atomic E-state index is 0.186. The second-order valence-corrected chi connectivity index (χ2v) is 4.12. The van der Waals surface area contributed by atoms with Crippen molar-refractivity contribution in [1.29, 1.82) is 0 Å². The third-order valence-electron chi connectivity index (χ3n) is 2.96. The van der Waals surface area contributed by atoms with Crippen molar-refractivity contribution in [1.82, 2.24) is 15.0 Å². The van der Waals surface area contributed by atoms with Crippen LogP contribution in [-0.2, 0) is 6.42 Å². The summed E-state index contributed by atoms with van der Waals surface area (Å²) in [5, 5.41) is 3.90. The quantitative estimate of drug-likeness (QED) is 0.796. The molecule has 1 aromatic rings. The van der Waals surface area contributed by atoms with Gasteiger partial charge in [0, 0.05) is 25.6 Å². The standard InChI is InChI=1S/C10H18N4O/c1-3-9-12-10(15-13-9)7(2)14-5-4-8(11)6-14/h7-8H,3-6,11H2,1-2H3. The van der Waals surface area contributed by atoms with Crippen molar-refractivity contribution in [2.24, 2.45) is 5.73 Å². The summed E-state index contributed by atoms with van der Waals surface area (Å²) in [7, 11) is 0. The number of aryl methyl sites for hydroxylation is 1. The Hall–Kier alpha value is -0.940. The fourth-order valence-corrected chi connectivity index (χ4v) is 1.90. The zero-order chi connectivity index (χ0) is 10.8. The first kappa shape index (κ1) is 10.6. The average Bonchev–Trinajstić information content (AvgIpc) is 2.84. The Balaban J connectivity index is 2.03. The van der Waals surface area contributed by atoms with Crippen molar-refractivity contribution in [3.8, 4) is 0 Å². The molecule has 1 aliphatic heterocycles. The lowest BCUT2D eigenvalue weighted by Crippen LogP contribution is -2.29. The van der Waals surface area contributed by atoms with Crippen molar-refractivity contribution >= 4 is 0 Å². The first-order chi connectivity index (χ1) is 7.20. The maximum absolute atomic E-state index is 5.86. The second kappa shape index (κ2) is 4.28. The molecule has 1 fully saturated rings. The molecule has 1 saturated heterocycles. The maximum Gasteiger partial charge on any atom is 0.243 e. The molecule has 0 aliphatic carbocycles. The molecule has 0 bridgehead atoms. The Morgan fingerprint density at radius 3 is 3.00 bits per heavy atom. The van der Waals surface area contributed by atoms with Crippen LogP contribution in [0.15, 0.2) is 4.52 Å². The second-order valence-electron chi connectivity index (χ2n) is 4.12. The number of aromatic nitrogens is 2. The molecule has 2 rings (SSSR count). The molecule has 5 heteroatoms. The van der Waals surface area contributed by atoms with Gasteiger partial charge in [-0.2, -0.15) is 4.98 Å². The van der Waals surface area contributed by atoms with Crippen LogP contribution in [0.3, 0.4) is 0 Å². The number of nitrogens with zero attached hydrogens (tertiary/aromatic N) is 3. The third-order valence-corrected chi connectivity index (χ3v) is 2.96. The summed E-state index contributed by atoms with van der Waals surface area (Å²) in [6.07, 6.45) is 1.87. The predicted octanol–water partition coefficient (Wildman–Crippen LogP) is 0.726. The van der Waals surface area contributed by atoms with Crippen molar-refractivity contribution in [2.75, 3.05) is 13.1 Å². The van der Waals surface area contributed by atoms with Gasteiger partial charge in [-0.1, -0.05) is 12.1 Å². The Labute approximate surface area is 89.6 Å². The molecular formula is C10H18N4O. The largest absolute Gasteiger partial charge is 0.338 e. The van der Waals surface area contributed by atoms with Gasteiger partial charge in [-0.3, -0.25) is 4.90 Å². The molecule has 5 nitrogen and oxygen atoms in total. The summed E-state index contributed by atoms with van der Waals surface area (Å²) in [5.41, 5.74) is 5.86. The predicted molar refractivity (Wildman–Crippen MR) is 56.3 cm³/mol. The zero-order valence-corrected chi connectivity index (χ0v) is 9.31. The Morgan fingerprint density at radius 1 is 1.67 bits per heavy atom. The lowest BCUT2D eigenvalue weighted by molar-refractivity contribution is 0.207. The SMILES string of the molecule is CCc1noc(C(C)N2CCC(N)C2)n1. The number of hydrogen-bond acceptors (Lipinski definition) is 5. The molecule has 0 saturated carbocycles. The Bertz CT molecular complexity index is 325. The fraction of sp³-hybridized carbons (Fsp3) is 0.800. The van der Waals surface area contributed by atoms with Crippen LogP contribution in [0.4, 0.5) is 0 Å². The molecule has 0 spiro atoms. The summed E-state index contributed by atoms with van der Waals surface area (Å²) in [6, 6.07) is 0.479. The van der Waals surface area contributed by atoms with Crippen LogP contribution >= 0.6 is 0 Å². The van der Waals surface area contributed by atoms with Gasteiger partial charge in [0.1, 0.15) is 0 Å². The topological polar surface area (TPSA) is 68.2 Å². The normalized spacial score (nSPS) is 24.6. The number of rotatable bonds is 3. The molecule has 84 valence electrons. The van der Waals surface area contributed by atoms with Crippen LogP contribution in [0.5, 0.6) is 0 Å². The van der Waals surface area contributed by atoms with Crippen molar-refractivity contribution in [3.05, 3.63) is 11.7 Å². The molecule has 2 N–H and O–H groups in total. The van der Waals surface area contributed by atoms with Gasteiger partial charge in [0.05, 0.1) is 6.04 Å². The monoisotopic (exact) mass is 210 g/mol. The molecule has 0 amide bonds. The van der Waals surface area contributed by atoms with Crippen LogP contribution < -0.4 is 5.73 Å². The van der Waals surface area contributed by atoms with E-state index in [1.807, 2.05) is 6.92 Å². The highest BCUT2D eigenvalue weighted by Crippen LogP contribution is 2.22. The van der Waals surface area contributed by atoms with Gasteiger partial charge in [-0.05, 0) is 13.3 Å². The van der Waals surface area contributed by atoms with Crippen LogP contribution in [0.2, 0.25) is 0 Å². The highest BCUT2D eigenvalue weighted by Gasteiger charge is 2.27. The third kappa shape index (κ3) is 2.18. The van der Waals surface area contributed by atoms with Crippen molar-refractivity contribution in [2.45, 2.75) is 38.8 Å². The molecule has 2 atom stereocenters. The van der Waals surface area contributed by atoms with Crippen molar-refractivity contribution < 1.29 is 4.52 Å². The van der Waals surface area contributed by atoms with E-state index in [4.69, 9.17) is 10.3 Å². The molecule has 0 aromatic carbocycles. The summed E-state index contributed by atoms with van der Waals surface area (Å²) in [6.45, 7) is 6.05. The van der Waals surface area contributed by atoms with Gasteiger partial charge in [-0.25, -0.2) is 0 Å². The summed E-state index contributed by atoms with van der Waals surface area (Å²) >= 11 is 0. The molecule has 0 radical (unpaired) electrons. The smallest absolute Gasteiger partial charge is 0.243 e. The molecule has 2 heterocycles. The summed E-state index contributed by atoms with van der Waals surface area (Å²) < 4.78 is 5.22. The fourth-order valence-electron chi connectivity index (χ4n) is 1.90. The lowest BCUT2D eigenvalue weighted by Gasteiger charge is -2.20. The lowest BCUT2D eigenvalue weighted by atomic mass is 10.3. The highest BCUT2D eigenvalue weighted by atomic mass is 16.5. The van der Waals surface area contributed by atoms with Gasteiger partial charge in [0.2, 0.25) is 5.89 Å². The van der Waals surface area contributed by atoms with E-state index in [9.17, 15) is 0 Å². The van der Waals surface area contributed by atoms with E-state index in [-0.39, 0.29) is 6.04 Å². The minimum Gasteiger partial charge on any atom is -0.338 e. The molecule has 2 unspecified atom stereocenters. The van der Waals surface area contributed by atoms with E-state index in [0.29, 0.717) is 11.9 Å². The molecule has 1 aromatic heterocycles. The number of likely N-dealkylation sites (tertiary alicyclic amines) is 1. The molecule has 1 aliphatic rings. The Morgan fingerprint density at radius 2 is 2.47 bits per heavy atom. The summed E-state index contributed by atoms with van der Waals surface area (Å²) in [4.78, 5) is 6.63. The van der Waals surface area contributed by atoms with E-state index < -0.39 is 0 Å². The van der Waals surface area contributed by atoms with Crippen LogP contribution in [-0.4, -0.2) is 34.2 Å². The van der Waals surface area contributed by atoms with E-state index in [2.05, 4.69) is 22.0 Å². The first-order valence-electron chi connectivity index (χ1n) is 5.52. The average molecular weight is 210 g/mol. The van der Waals surface area contributed by atoms with Crippen LogP contribution in [0.1, 0.15) is 38.0 Å². The molecular weight excluding hydrogens is 192 g/mol. The number of nitrogens with two attached hydrogens (primary N) is 1. The van der Waals surface area contributed by atoms with E-state index in [1.54, 1.807) is 0 Å². The van der Waals surface area contributed by atoms with Gasteiger partial charge in [0.15, 0.2) is 5.82 Å². The minimum atomic E-state index is 0.186. The first-order valence-corrected chi connectivity index (χ1v) is 5.52. The summed E-state index contributed by atoms with van der Waals surface area (Å²) in [5.74, 6) is 1.49. The Kier molecular flexibility index (Phi) is 3.02. The van der Waals surface area contributed by atoms with E-state index >= 15 is 0 Å². The van der Waals surface area contributed by atoms with Crippen LogP contribution in [0, 0.1) is 0 Å². The zero-order valence-electron chi connectivity index (χ0n) is 9.31. The van der Waals surface area contributed by atoms with Gasteiger partial charge < -0.3 is 10.3 Å². The van der Waals surface area contributed by atoms with Gasteiger partial charge in [0.25, 0.3) is 0 Å². The van der Waals surface area contributed by atoms with Crippen LogP contribution in [0.25, 0.3) is 0 Å². The highest BCUT2D eigenvalue weighted by molar-refractivity contribution is 4.94. The van der Waals surface area contributed by atoms with Gasteiger partial charge in [-0.15, -0.1) is 0 Å². The van der Waals surface area contributed by atoms with E-state index in [0.717, 1.165) is 31.8 Å². The molecule has 15 heavy (non-hydrogen) atoms.